The van der Waals surface area contributed by atoms with Crippen molar-refractivity contribution < 1.29 is 9.13 Å². The van der Waals surface area contributed by atoms with E-state index in [1.807, 2.05) is 31.2 Å². The van der Waals surface area contributed by atoms with Crippen LogP contribution in [0, 0.1) is 12.7 Å². The molecule has 2 nitrogen and oxygen atoms in total. The molecule has 100 valence electrons. The zero-order chi connectivity index (χ0) is 13.7. The molecule has 0 amide bonds. The van der Waals surface area contributed by atoms with Crippen molar-refractivity contribution >= 4 is 5.69 Å². The van der Waals surface area contributed by atoms with Crippen molar-refractivity contribution in [3.8, 4) is 5.75 Å². The van der Waals surface area contributed by atoms with Gasteiger partial charge in [-0.05, 0) is 43.7 Å². The average Bonchev–Trinajstić information content (AvgIpc) is 2.42. The van der Waals surface area contributed by atoms with E-state index in [4.69, 9.17) is 4.74 Å². The fourth-order valence-corrected chi connectivity index (χ4v) is 1.90. The second kappa shape index (κ2) is 6.23. The minimum absolute atomic E-state index is 0.180. The lowest BCUT2D eigenvalue weighted by molar-refractivity contribution is 0.337. The maximum Gasteiger partial charge on any atom is 0.126 e. The molecular formula is C16H18FNO. The summed E-state index contributed by atoms with van der Waals surface area (Å²) in [6.07, 6.45) is 0. The second-order valence-corrected chi connectivity index (χ2v) is 4.36. The van der Waals surface area contributed by atoms with Crippen LogP contribution in [0.2, 0.25) is 0 Å². The lowest BCUT2D eigenvalue weighted by Gasteiger charge is -2.12. The molecule has 0 aliphatic carbocycles. The summed E-state index contributed by atoms with van der Waals surface area (Å²) in [5.74, 6) is 0.705. The third-order valence-electron chi connectivity index (χ3n) is 2.91. The van der Waals surface area contributed by atoms with Crippen LogP contribution < -0.4 is 10.1 Å². The van der Waals surface area contributed by atoms with Crippen molar-refractivity contribution in [1.82, 2.24) is 0 Å². The fourth-order valence-electron chi connectivity index (χ4n) is 1.90. The molecule has 0 atom stereocenters. The molecule has 19 heavy (non-hydrogen) atoms. The lowest BCUT2D eigenvalue weighted by Crippen LogP contribution is -2.03. The SMILES string of the molecule is CCOc1ccccc1CNc1ccc(F)c(C)c1. The molecule has 2 aromatic carbocycles. The minimum atomic E-state index is -0.180. The third-order valence-corrected chi connectivity index (χ3v) is 2.91. The van der Waals surface area contributed by atoms with Crippen molar-refractivity contribution in [3.63, 3.8) is 0 Å². The van der Waals surface area contributed by atoms with E-state index in [2.05, 4.69) is 5.32 Å². The summed E-state index contributed by atoms with van der Waals surface area (Å²) in [6, 6.07) is 12.9. The Morgan fingerprint density at radius 2 is 1.95 bits per heavy atom. The van der Waals surface area contributed by atoms with Crippen LogP contribution in [0.1, 0.15) is 18.1 Å². The number of aryl methyl sites for hydroxylation is 1. The van der Waals surface area contributed by atoms with E-state index in [0.29, 0.717) is 18.7 Å². The summed E-state index contributed by atoms with van der Waals surface area (Å²) >= 11 is 0. The van der Waals surface area contributed by atoms with Crippen LogP contribution in [0.3, 0.4) is 0 Å². The number of rotatable bonds is 5. The fraction of sp³-hybridized carbons (Fsp3) is 0.250. The number of hydrogen-bond acceptors (Lipinski definition) is 2. The predicted octanol–water partition coefficient (Wildman–Crippen LogP) is 4.14. The monoisotopic (exact) mass is 259 g/mol. The van der Waals surface area contributed by atoms with Crippen LogP contribution in [0.5, 0.6) is 5.75 Å². The van der Waals surface area contributed by atoms with Gasteiger partial charge in [0.2, 0.25) is 0 Å². The van der Waals surface area contributed by atoms with Gasteiger partial charge < -0.3 is 10.1 Å². The largest absolute Gasteiger partial charge is 0.494 e. The van der Waals surface area contributed by atoms with Crippen molar-refractivity contribution in [2.24, 2.45) is 0 Å². The highest BCUT2D eigenvalue weighted by Gasteiger charge is 2.03. The van der Waals surface area contributed by atoms with Crippen molar-refractivity contribution in [3.05, 3.63) is 59.4 Å². The van der Waals surface area contributed by atoms with Gasteiger partial charge in [-0.2, -0.15) is 0 Å². The Kier molecular flexibility index (Phi) is 4.39. The zero-order valence-corrected chi connectivity index (χ0v) is 11.2. The normalized spacial score (nSPS) is 10.3. The molecule has 2 rings (SSSR count). The molecule has 0 radical (unpaired) electrons. The first-order valence-corrected chi connectivity index (χ1v) is 6.41. The van der Waals surface area contributed by atoms with Gasteiger partial charge in [-0.3, -0.25) is 0 Å². The molecule has 0 aromatic heterocycles. The van der Waals surface area contributed by atoms with E-state index in [9.17, 15) is 4.39 Å². The van der Waals surface area contributed by atoms with Gasteiger partial charge in [0.25, 0.3) is 0 Å². The molecule has 0 aliphatic rings. The van der Waals surface area contributed by atoms with E-state index in [-0.39, 0.29) is 5.82 Å². The highest BCUT2D eigenvalue weighted by Crippen LogP contribution is 2.20. The quantitative estimate of drug-likeness (QED) is 0.871. The van der Waals surface area contributed by atoms with Crippen LogP contribution in [0.4, 0.5) is 10.1 Å². The number of nitrogens with one attached hydrogen (secondary N) is 1. The summed E-state index contributed by atoms with van der Waals surface area (Å²) in [5.41, 5.74) is 2.64. The Balaban J connectivity index is 2.07. The molecule has 3 heteroatoms. The summed E-state index contributed by atoms with van der Waals surface area (Å²) in [5, 5.41) is 3.28. The molecule has 0 spiro atoms. The second-order valence-electron chi connectivity index (χ2n) is 4.36. The highest BCUT2D eigenvalue weighted by atomic mass is 19.1. The van der Waals surface area contributed by atoms with E-state index in [1.165, 1.54) is 6.07 Å². The Morgan fingerprint density at radius 3 is 2.68 bits per heavy atom. The van der Waals surface area contributed by atoms with E-state index in [0.717, 1.165) is 17.0 Å². The highest BCUT2D eigenvalue weighted by molar-refractivity contribution is 5.47. The molecule has 1 N–H and O–H groups in total. The first-order chi connectivity index (χ1) is 9.20. The van der Waals surface area contributed by atoms with Gasteiger partial charge >= 0.3 is 0 Å². The number of anilines is 1. The topological polar surface area (TPSA) is 21.3 Å². The molecule has 0 heterocycles. The molecule has 2 aromatic rings. The molecule has 0 unspecified atom stereocenters. The van der Waals surface area contributed by atoms with Crippen LogP contribution in [0.15, 0.2) is 42.5 Å². The molecule has 0 aliphatic heterocycles. The predicted molar refractivity (Wildman–Crippen MR) is 76.1 cm³/mol. The van der Waals surface area contributed by atoms with Gasteiger partial charge in [0.05, 0.1) is 6.61 Å². The summed E-state index contributed by atoms with van der Waals surface area (Å²) < 4.78 is 18.7. The van der Waals surface area contributed by atoms with Crippen LogP contribution in [0.25, 0.3) is 0 Å². The average molecular weight is 259 g/mol. The summed E-state index contributed by atoms with van der Waals surface area (Å²) in [6.45, 7) is 5.02. The van der Waals surface area contributed by atoms with Gasteiger partial charge in [0, 0.05) is 17.8 Å². The van der Waals surface area contributed by atoms with Gasteiger partial charge in [-0.1, -0.05) is 18.2 Å². The molecule has 0 fully saturated rings. The van der Waals surface area contributed by atoms with Gasteiger partial charge in [0.15, 0.2) is 0 Å². The molecule has 0 bridgehead atoms. The number of halogens is 1. The van der Waals surface area contributed by atoms with Crippen molar-refractivity contribution in [2.75, 3.05) is 11.9 Å². The zero-order valence-electron chi connectivity index (χ0n) is 11.2. The summed E-state index contributed by atoms with van der Waals surface area (Å²) in [4.78, 5) is 0. The van der Waals surface area contributed by atoms with E-state index < -0.39 is 0 Å². The van der Waals surface area contributed by atoms with E-state index in [1.54, 1.807) is 19.1 Å². The van der Waals surface area contributed by atoms with Gasteiger partial charge in [-0.25, -0.2) is 4.39 Å². The van der Waals surface area contributed by atoms with Crippen molar-refractivity contribution in [2.45, 2.75) is 20.4 Å². The van der Waals surface area contributed by atoms with Gasteiger partial charge in [-0.15, -0.1) is 0 Å². The molecule has 0 saturated carbocycles. The van der Waals surface area contributed by atoms with Crippen molar-refractivity contribution in [1.29, 1.82) is 0 Å². The Morgan fingerprint density at radius 1 is 1.16 bits per heavy atom. The van der Waals surface area contributed by atoms with Gasteiger partial charge in [0.1, 0.15) is 11.6 Å². The van der Waals surface area contributed by atoms with Crippen LogP contribution in [-0.4, -0.2) is 6.61 Å². The number of para-hydroxylation sites is 1. The smallest absolute Gasteiger partial charge is 0.126 e. The lowest BCUT2D eigenvalue weighted by atomic mass is 10.1. The molecular weight excluding hydrogens is 241 g/mol. The maximum atomic E-state index is 13.2. The first-order valence-electron chi connectivity index (χ1n) is 6.41. The van der Waals surface area contributed by atoms with Crippen LogP contribution >= 0.6 is 0 Å². The van der Waals surface area contributed by atoms with E-state index >= 15 is 0 Å². The maximum absolute atomic E-state index is 13.2. The molecule has 0 saturated heterocycles. The Bertz CT molecular complexity index is 554. The number of benzene rings is 2. The number of ether oxygens (including phenoxy) is 1. The summed E-state index contributed by atoms with van der Waals surface area (Å²) in [7, 11) is 0. The number of hydrogen-bond donors (Lipinski definition) is 1. The third kappa shape index (κ3) is 3.47. The minimum Gasteiger partial charge on any atom is -0.494 e. The first kappa shape index (κ1) is 13.4. The standard InChI is InChI=1S/C16H18FNO/c1-3-19-16-7-5-4-6-13(16)11-18-14-8-9-15(17)12(2)10-14/h4-10,18H,3,11H2,1-2H3. The van der Waals surface area contributed by atoms with Crippen LogP contribution in [-0.2, 0) is 6.54 Å². The Labute approximate surface area is 113 Å². The Hall–Kier alpha value is -2.03.